The molecule has 0 bridgehead atoms. The van der Waals surface area contributed by atoms with Crippen LogP contribution < -0.4 is 5.73 Å². The van der Waals surface area contributed by atoms with Crippen LogP contribution in [0.2, 0.25) is 0 Å². The Labute approximate surface area is 128 Å². The molecule has 2 aromatic heterocycles. The van der Waals surface area contributed by atoms with Gasteiger partial charge in [-0.05, 0) is 30.2 Å². The van der Waals surface area contributed by atoms with Gasteiger partial charge in [0, 0.05) is 24.0 Å². The molecule has 1 unspecified atom stereocenters. The monoisotopic (exact) mass is 295 g/mol. The van der Waals surface area contributed by atoms with E-state index in [0.29, 0.717) is 0 Å². The van der Waals surface area contributed by atoms with Gasteiger partial charge in [-0.2, -0.15) is 0 Å². The van der Waals surface area contributed by atoms with Crippen molar-refractivity contribution in [2.75, 3.05) is 0 Å². The summed E-state index contributed by atoms with van der Waals surface area (Å²) in [4.78, 5) is 9.04. The lowest BCUT2D eigenvalue weighted by Gasteiger charge is -2.09. The molecule has 21 heavy (non-hydrogen) atoms. The van der Waals surface area contributed by atoms with Gasteiger partial charge in [0.2, 0.25) is 0 Å². The molecule has 3 rings (SSSR count). The largest absolute Gasteiger partial charge is 0.324 e. The highest BCUT2D eigenvalue weighted by molar-refractivity contribution is 7.13. The summed E-state index contributed by atoms with van der Waals surface area (Å²) >= 11 is 1.62. The fourth-order valence-corrected chi connectivity index (χ4v) is 3.01. The van der Waals surface area contributed by atoms with E-state index < -0.39 is 0 Å². The van der Waals surface area contributed by atoms with Crippen molar-refractivity contribution in [2.24, 2.45) is 5.73 Å². The minimum atomic E-state index is -0.0216. The molecule has 4 heteroatoms. The van der Waals surface area contributed by atoms with Crippen LogP contribution in [0.3, 0.4) is 0 Å². The predicted octanol–water partition coefficient (Wildman–Crippen LogP) is 3.76. The van der Waals surface area contributed by atoms with Crippen molar-refractivity contribution in [2.45, 2.75) is 19.4 Å². The molecule has 3 aromatic rings. The van der Waals surface area contributed by atoms with Gasteiger partial charge in [0.05, 0.1) is 11.4 Å². The van der Waals surface area contributed by atoms with Crippen LogP contribution in [-0.4, -0.2) is 9.97 Å². The van der Waals surface area contributed by atoms with Crippen molar-refractivity contribution in [1.29, 1.82) is 0 Å². The number of hydrogen-bond acceptors (Lipinski definition) is 4. The third-order valence-electron chi connectivity index (χ3n) is 3.34. The number of benzene rings is 1. The number of aromatic nitrogens is 2. The average Bonchev–Trinajstić information content (AvgIpc) is 2.97. The van der Waals surface area contributed by atoms with Gasteiger partial charge in [0.15, 0.2) is 0 Å². The van der Waals surface area contributed by atoms with E-state index in [1.807, 2.05) is 30.5 Å². The second kappa shape index (κ2) is 6.16. The summed E-state index contributed by atoms with van der Waals surface area (Å²) in [6.07, 6.45) is 2.56. The Morgan fingerprint density at radius 3 is 2.76 bits per heavy atom. The van der Waals surface area contributed by atoms with Gasteiger partial charge >= 0.3 is 0 Å². The molecule has 1 atom stereocenters. The molecule has 0 spiro atoms. The number of nitrogens with zero attached hydrogens (tertiary/aromatic N) is 2. The lowest BCUT2D eigenvalue weighted by molar-refractivity contribution is 0.710. The summed E-state index contributed by atoms with van der Waals surface area (Å²) in [5.41, 5.74) is 10.5. The third kappa shape index (κ3) is 3.35. The summed E-state index contributed by atoms with van der Waals surface area (Å²) in [6, 6.07) is 14.2. The number of pyridine rings is 1. The number of nitrogens with two attached hydrogens (primary N) is 1. The van der Waals surface area contributed by atoms with E-state index in [1.54, 1.807) is 11.3 Å². The van der Waals surface area contributed by atoms with E-state index in [-0.39, 0.29) is 6.04 Å². The molecule has 0 saturated carbocycles. The van der Waals surface area contributed by atoms with E-state index in [1.165, 1.54) is 5.56 Å². The maximum Gasteiger partial charge on any atom is 0.142 e. The molecule has 0 aliphatic rings. The van der Waals surface area contributed by atoms with Crippen LogP contribution in [-0.2, 0) is 6.42 Å². The Bertz CT molecular complexity index is 722. The predicted molar refractivity (Wildman–Crippen MR) is 87.2 cm³/mol. The molecule has 3 nitrogen and oxygen atoms in total. The minimum absolute atomic E-state index is 0.0216. The Morgan fingerprint density at radius 1 is 1.19 bits per heavy atom. The molecule has 106 valence electrons. The zero-order valence-corrected chi connectivity index (χ0v) is 12.7. The fraction of sp³-hybridized carbons (Fsp3) is 0.176. The average molecular weight is 295 g/mol. The van der Waals surface area contributed by atoms with Gasteiger partial charge in [-0.25, -0.2) is 4.98 Å². The van der Waals surface area contributed by atoms with Crippen LogP contribution in [0, 0.1) is 6.92 Å². The smallest absolute Gasteiger partial charge is 0.142 e. The zero-order valence-electron chi connectivity index (χ0n) is 11.9. The van der Waals surface area contributed by atoms with Crippen LogP contribution in [0.5, 0.6) is 0 Å². The van der Waals surface area contributed by atoms with E-state index >= 15 is 0 Å². The van der Waals surface area contributed by atoms with Gasteiger partial charge in [0.25, 0.3) is 0 Å². The first-order chi connectivity index (χ1) is 10.2. The Morgan fingerprint density at radius 2 is 2.00 bits per heavy atom. The first-order valence-corrected chi connectivity index (χ1v) is 7.78. The normalized spacial score (nSPS) is 12.3. The Kier molecular flexibility index (Phi) is 4.08. The lowest BCUT2D eigenvalue weighted by Crippen LogP contribution is -2.13. The number of thiazole rings is 1. The van der Waals surface area contributed by atoms with Crippen LogP contribution in [0.25, 0.3) is 10.7 Å². The summed E-state index contributed by atoms with van der Waals surface area (Å²) in [6.45, 7) is 2.06. The molecule has 2 heterocycles. The second-order valence-electron chi connectivity index (χ2n) is 5.08. The van der Waals surface area contributed by atoms with Gasteiger partial charge in [-0.15, -0.1) is 11.3 Å². The summed E-state index contributed by atoms with van der Waals surface area (Å²) < 4.78 is 0. The topological polar surface area (TPSA) is 51.8 Å². The Balaban J connectivity index is 1.76. The maximum atomic E-state index is 6.25. The maximum absolute atomic E-state index is 6.25. The lowest BCUT2D eigenvalue weighted by atomic mass is 10.0. The van der Waals surface area contributed by atoms with E-state index in [2.05, 4.69) is 40.5 Å². The molecule has 0 fully saturated rings. The molecule has 0 radical (unpaired) electrons. The van der Waals surface area contributed by atoms with Gasteiger partial charge in [0.1, 0.15) is 5.01 Å². The summed E-state index contributed by atoms with van der Waals surface area (Å²) in [5, 5.41) is 3.02. The van der Waals surface area contributed by atoms with Crippen molar-refractivity contribution in [3.63, 3.8) is 0 Å². The van der Waals surface area contributed by atoms with E-state index in [4.69, 9.17) is 5.73 Å². The van der Waals surface area contributed by atoms with E-state index in [0.717, 1.165) is 28.4 Å². The molecule has 0 aliphatic heterocycles. The third-order valence-corrected chi connectivity index (χ3v) is 4.26. The first kappa shape index (κ1) is 13.9. The van der Waals surface area contributed by atoms with E-state index in [9.17, 15) is 0 Å². The van der Waals surface area contributed by atoms with Crippen LogP contribution in [0.4, 0.5) is 0 Å². The summed E-state index contributed by atoms with van der Waals surface area (Å²) in [7, 11) is 0. The van der Waals surface area contributed by atoms with Gasteiger partial charge in [-0.1, -0.05) is 30.3 Å². The van der Waals surface area contributed by atoms with Crippen molar-refractivity contribution in [3.05, 3.63) is 70.9 Å². The van der Waals surface area contributed by atoms with Crippen molar-refractivity contribution in [1.82, 2.24) is 9.97 Å². The minimum Gasteiger partial charge on any atom is -0.324 e. The fourth-order valence-electron chi connectivity index (χ4n) is 2.21. The van der Waals surface area contributed by atoms with Crippen molar-refractivity contribution in [3.8, 4) is 10.7 Å². The molecule has 0 saturated heterocycles. The first-order valence-electron chi connectivity index (χ1n) is 6.90. The molecular weight excluding hydrogens is 278 g/mol. The zero-order chi connectivity index (χ0) is 14.7. The molecule has 1 aromatic carbocycles. The van der Waals surface area contributed by atoms with Crippen LogP contribution in [0.15, 0.2) is 54.0 Å². The number of aryl methyl sites for hydroxylation is 1. The quantitative estimate of drug-likeness (QED) is 0.797. The van der Waals surface area contributed by atoms with Crippen LogP contribution in [0.1, 0.15) is 22.9 Å². The number of hydrogen-bond donors (Lipinski definition) is 1. The van der Waals surface area contributed by atoms with Crippen molar-refractivity contribution < 1.29 is 0 Å². The van der Waals surface area contributed by atoms with Crippen molar-refractivity contribution >= 4 is 11.3 Å². The summed E-state index contributed by atoms with van der Waals surface area (Å²) in [5.74, 6) is 0. The van der Waals surface area contributed by atoms with Gasteiger partial charge in [-0.3, -0.25) is 4.98 Å². The number of rotatable bonds is 4. The standard InChI is InChI=1S/C17H17N3S/c1-12-7-8-19-16(9-12)17-20-14(11-21-17)10-15(18)13-5-3-2-4-6-13/h2-9,11,15H,10,18H2,1H3. The molecule has 0 aliphatic carbocycles. The van der Waals surface area contributed by atoms with Crippen LogP contribution >= 0.6 is 11.3 Å². The molecular formula is C17H17N3S. The highest BCUT2D eigenvalue weighted by Crippen LogP contribution is 2.24. The van der Waals surface area contributed by atoms with Gasteiger partial charge < -0.3 is 5.73 Å². The Hall–Kier alpha value is -2.04. The molecule has 2 N–H and O–H groups in total. The second-order valence-corrected chi connectivity index (χ2v) is 5.94. The molecule has 0 amide bonds. The highest BCUT2D eigenvalue weighted by Gasteiger charge is 2.11. The highest BCUT2D eigenvalue weighted by atomic mass is 32.1. The SMILES string of the molecule is Cc1ccnc(-c2nc(CC(N)c3ccccc3)cs2)c1.